The Labute approximate surface area is 200 Å². The molecule has 8 heteroatoms. The molecular weight excluding hydrogens is 443 g/mol. The van der Waals surface area contributed by atoms with Crippen LogP contribution in [0.2, 0.25) is 0 Å². The van der Waals surface area contributed by atoms with E-state index >= 15 is 0 Å². The van der Waals surface area contributed by atoms with Crippen molar-refractivity contribution in [1.82, 2.24) is 19.7 Å². The number of rotatable bonds is 6. The molecule has 0 amide bonds. The Morgan fingerprint density at radius 2 is 1.86 bits per heavy atom. The van der Waals surface area contributed by atoms with Crippen LogP contribution in [0.3, 0.4) is 0 Å². The molecule has 0 saturated carbocycles. The van der Waals surface area contributed by atoms with Gasteiger partial charge in [-0.25, -0.2) is 14.4 Å². The average molecular weight is 465 g/mol. The number of halogens is 1. The van der Waals surface area contributed by atoms with Gasteiger partial charge in [0, 0.05) is 22.5 Å². The highest BCUT2D eigenvalue weighted by Gasteiger charge is 2.15. The highest BCUT2D eigenvalue weighted by molar-refractivity contribution is 5.94. The summed E-state index contributed by atoms with van der Waals surface area (Å²) in [4.78, 5) is 8.65. The van der Waals surface area contributed by atoms with Gasteiger partial charge >= 0.3 is 0 Å². The number of nitrogens with one attached hydrogen (secondary N) is 1. The molecule has 0 spiro atoms. The van der Waals surface area contributed by atoms with Gasteiger partial charge in [-0.2, -0.15) is 5.10 Å². The summed E-state index contributed by atoms with van der Waals surface area (Å²) in [6.07, 6.45) is 3.26. The Morgan fingerprint density at radius 1 is 0.971 bits per heavy atom. The Kier molecular flexibility index (Phi) is 5.20. The summed E-state index contributed by atoms with van der Waals surface area (Å²) in [7, 11) is 0. The van der Waals surface area contributed by atoms with Gasteiger partial charge in [-0.1, -0.05) is 30.3 Å². The minimum Gasteiger partial charge on any atom is -0.460 e. The molecule has 0 unspecified atom stereocenters. The minimum absolute atomic E-state index is 0.246. The number of hydrogen-bond acceptors (Lipinski definition) is 6. The van der Waals surface area contributed by atoms with Crippen molar-refractivity contribution in [2.24, 2.45) is 5.73 Å². The molecule has 7 nitrogen and oxygen atoms in total. The van der Waals surface area contributed by atoms with Crippen molar-refractivity contribution in [3.63, 3.8) is 0 Å². The number of nitrogens with zero attached hydrogens (tertiary/aromatic N) is 4. The minimum atomic E-state index is -0.424. The first-order chi connectivity index (χ1) is 17.2. The van der Waals surface area contributed by atoms with Gasteiger partial charge in [0.1, 0.15) is 29.5 Å². The Hall–Kier alpha value is -4.56. The van der Waals surface area contributed by atoms with E-state index in [1.54, 1.807) is 18.2 Å². The van der Waals surface area contributed by atoms with Crippen LogP contribution in [0.25, 0.3) is 33.1 Å². The van der Waals surface area contributed by atoms with Gasteiger partial charge in [0.2, 0.25) is 0 Å². The van der Waals surface area contributed by atoms with Crippen LogP contribution in [0.4, 0.5) is 15.9 Å². The molecule has 0 fully saturated rings. The molecule has 6 aromatic rings. The highest BCUT2D eigenvalue weighted by Crippen LogP contribution is 2.32. The topological polar surface area (TPSA) is 94.8 Å². The van der Waals surface area contributed by atoms with Crippen LogP contribution in [-0.4, -0.2) is 19.7 Å². The quantitative estimate of drug-likeness (QED) is 0.332. The molecule has 0 aliphatic heterocycles. The third-order valence-corrected chi connectivity index (χ3v) is 5.93. The van der Waals surface area contributed by atoms with E-state index in [0.717, 1.165) is 16.6 Å². The molecule has 3 N–H and O–H groups in total. The van der Waals surface area contributed by atoms with Crippen molar-refractivity contribution in [1.29, 1.82) is 0 Å². The molecule has 172 valence electrons. The van der Waals surface area contributed by atoms with Crippen LogP contribution < -0.4 is 11.1 Å². The summed E-state index contributed by atoms with van der Waals surface area (Å²) >= 11 is 0. The van der Waals surface area contributed by atoms with Crippen LogP contribution >= 0.6 is 0 Å². The number of fused-ring (bicyclic) bond motifs is 2. The molecule has 0 atom stereocenters. The second-order valence-electron chi connectivity index (χ2n) is 8.23. The first-order valence-electron chi connectivity index (χ1n) is 11.2. The maximum atomic E-state index is 14.8. The fourth-order valence-electron chi connectivity index (χ4n) is 4.18. The lowest BCUT2D eigenvalue weighted by atomic mass is 10.1. The summed E-state index contributed by atoms with van der Waals surface area (Å²) in [5, 5.41) is 9.58. The summed E-state index contributed by atoms with van der Waals surface area (Å²) in [5.41, 5.74) is 9.51. The molecule has 3 aromatic heterocycles. The van der Waals surface area contributed by atoms with Crippen LogP contribution in [0.5, 0.6) is 0 Å². The van der Waals surface area contributed by atoms with E-state index in [9.17, 15) is 4.39 Å². The molecule has 0 bridgehead atoms. The molecule has 0 radical (unpaired) electrons. The lowest BCUT2D eigenvalue weighted by molar-refractivity contribution is 0.520. The van der Waals surface area contributed by atoms with Crippen LogP contribution in [0.15, 0.2) is 89.7 Å². The van der Waals surface area contributed by atoms with E-state index in [-0.39, 0.29) is 6.54 Å². The number of anilines is 2. The SMILES string of the molecule is NCc1ccc(-c2cc3c(Nc4ccc5c(cnn5Cc5ccccc5)c4)ncnc3cc2F)o1. The van der Waals surface area contributed by atoms with Crippen molar-refractivity contribution >= 4 is 33.3 Å². The predicted octanol–water partition coefficient (Wildman–Crippen LogP) is 5.63. The van der Waals surface area contributed by atoms with Gasteiger partial charge in [0.05, 0.1) is 35.9 Å². The van der Waals surface area contributed by atoms with Crippen LogP contribution in [0, 0.1) is 5.82 Å². The first kappa shape index (κ1) is 21.0. The van der Waals surface area contributed by atoms with E-state index in [1.807, 2.05) is 47.3 Å². The molecule has 0 aliphatic carbocycles. The fraction of sp³-hybridized carbons (Fsp3) is 0.0741. The lowest BCUT2D eigenvalue weighted by Crippen LogP contribution is -2.01. The largest absolute Gasteiger partial charge is 0.460 e. The number of aromatic nitrogens is 4. The lowest BCUT2D eigenvalue weighted by Gasteiger charge is -2.10. The van der Waals surface area contributed by atoms with Gasteiger partial charge in [-0.3, -0.25) is 4.68 Å². The van der Waals surface area contributed by atoms with E-state index in [0.29, 0.717) is 40.3 Å². The van der Waals surface area contributed by atoms with Crippen molar-refractivity contribution in [2.75, 3.05) is 5.32 Å². The number of nitrogens with two attached hydrogens (primary N) is 1. The van der Waals surface area contributed by atoms with Gasteiger partial charge in [-0.05, 0) is 42.0 Å². The maximum Gasteiger partial charge on any atom is 0.141 e. The molecule has 6 rings (SSSR count). The van der Waals surface area contributed by atoms with E-state index in [1.165, 1.54) is 18.0 Å². The average Bonchev–Trinajstić information content (AvgIpc) is 3.51. The van der Waals surface area contributed by atoms with Crippen molar-refractivity contribution in [3.05, 3.63) is 102 Å². The van der Waals surface area contributed by atoms with Crippen LogP contribution in [0.1, 0.15) is 11.3 Å². The molecular formula is C27H21FN6O. The van der Waals surface area contributed by atoms with Crippen molar-refractivity contribution in [2.45, 2.75) is 13.1 Å². The summed E-state index contributed by atoms with van der Waals surface area (Å²) in [6.45, 7) is 0.941. The third kappa shape index (κ3) is 4.00. The third-order valence-electron chi connectivity index (χ3n) is 5.93. The van der Waals surface area contributed by atoms with Gasteiger partial charge in [-0.15, -0.1) is 0 Å². The fourth-order valence-corrected chi connectivity index (χ4v) is 4.18. The van der Waals surface area contributed by atoms with E-state index < -0.39 is 5.82 Å². The Balaban J connectivity index is 1.34. The van der Waals surface area contributed by atoms with E-state index in [4.69, 9.17) is 10.2 Å². The molecule has 3 heterocycles. The van der Waals surface area contributed by atoms with Gasteiger partial charge in [0.15, 0.2) is 0 Å². The van der Waals surface area contributed by atoms with Crippen molar-refractivity contribution < 1.29 is 8.81 Å². The Bertz CT molecular complexity index is 1660. The number of furan rings is 1. The normalized spacial score (nSPS) is 11.4. The smallest absolute Gasteiger partial charge is 0.141 e. The molecule has 3 aromatic carbocycles. The summed E-state index contributed by atoms with van der Waals surface area (Å²) in [5.74, 6) is 1.14. The van der Waals surface area contributed by atoms with Gasteiger partial charge < -0.3 is 15.5 Å². The first-order valence-corrected chi connectivity index (χ1v) is 11.2. The number of hydrogen-bond donors (Lipinski definition) is 2. The monoisotopic (exact) mass is 464 g/mol. The number of benzene rings is 3. The second kappa shape index (κ2) is 8.66. The second-order valence-corrected chi connectivity index (χ2v) is 8.23. The van der Waals surface area contributed by atoms with Gasteiger partial charge in [0.25, 0.3) is 0 Å². The van der Waals surface area contributed by atoms with Crippen molar-refractivity contribution in [3.8, 4) is 11.3 Å². The van der Waals surface area contributed by atoms with E-state index in [2.05, 4.69) is 32.5 Å². The zero-order valence-electron chi connectivity index (χ0n) is 18.6. The zero-order valence-corrected chi connectivity index (χ0v) is 18.6. The Morgan fingerprint density at radius 3 is 2.69 bits per heavy atom. The molecule has 0 aliphatic rings. The molecule has 0 saturated heterocycles. The molecule has 35 heavy (non-hydrogen) atoms. The summed E-state index contributed by atoms with van der Waals surface area (Å²) < 4.78 is 22.5. The van der Waals surface area contributed by atoms with Crippen LogP contribution in [-0.2, 0) is 13.1 Å². The standard InChI is InChI=1S/C27H21FN6O/c28-23-12-24-22(11-21(23)26-9-7-20(13-29)35-26)27(31-16-30-24)33-19-6-8-25-18(10-19)14-32-34(25)15-17-4-2-1-3-5-17/h1-12,14,16H,13,15,29H2,(H,30,31,33). The zero-order chi connectivity index (χ0) is 23.8. The maximum absolute atomic E-state index is 14.8. The predicted molar refractivity (Wildman–Crippen MR) is 134 cm³/mol. The summed E-state index contributed by atoms with van der Waals surface area (Å²) in [6, 6.07) is 22.8. The highest BCUT2D eigenvalue weighted by atomic mass is 19.1.